The Hall–Kier alpha value is -1.75. The maximum Gasteiger partial charge on any atom is 0.170 e. The molecule has 5 nitrogen and oxygen atoms in total. The smallest absolute Gasteiger partial charge is 0.170 e. The van der Waals surface area contributed by atoms with Crippen LogP contribution in [0.4, 0.5) is 0 Å². The molecule has 5 heteroatoms. The van der Waals surface area contributed by atoms with Crippen LogP contribution in [0.5, 0.6) is 0 Å². The minimum absolute atomic E-state index is 0.498. The Labute approximate surface area is 114 Å². The second-order valence-electron chi connectivity index (χ2n) is 4.93. The van der Waals surface area contributed by atoms with Crippen LogP contribution in [0.3, 0.4) is 0 Å². The largest absolute Gasteiger partial charge is 0.310 e. The van der Waals surface area contributed by atoms with Gasteiger partial charge >= 0.3 is 0 Å². The van der Waals surface area contributed by atoms with Gasteiger partial charge in [-0.15, -0.1) is 5.10 Å². The van der Waals surface area contributed by atoms with Crippen LogP contribution in [0, 0.1) is 0 Å². The summed E-state index contributed by atoms with van der Waals surface area (Å²) in [5, 5.41) is 15.3. The maximum atomic E-state index is 4.08. The molecular formula is C14H21N5. The SMILES string of the molecule is CCCNCc1nnnn1-c1cccc(C(C)C)c1. The van der Waals surface area contributed by atoms with Gasteiger partial charge in [0, 0.05) is 0 Å². The van der Waals surface area contributed by atoms with Gasteiger partial charge in [-0.05, 0) is 47.0 Å². The normalized spacial score (nSPS) is 11.2. The molecule has 0 saturated heterocycles. The lowest BCUT2D eigenvalue weighted by Gasteiger charge is -2.09. The van der Waals surface area contributed by atoms with Gasteiger partial charge in [0.05, 0.1) is 12.2 Å². The Morgan fingerprint density at radius 2 is 2.16 bits per heavy atom. The summed E-state index contributed by atoms with van der Waals surface area (Å²) in [7, 11) is 0. The highest BCUT2D eigenvalue weighted by molar-refractivity contribution is 5.36. The maximum absolute atomic E-state index is 4.08. The summed E-state index contributed by atoms with van der Waals surface area (Å²) in [5.41, 5.74) is 2.31. The molecule has 1 aromatic carbocycles. The minimum atomic E-state index is 0.498. The fourth-order valence-electron chi connectivity index (χ4n) is 1.91. The van der Waals surface area contributed by atoms with E-state index in [1.165, 1.54) is 5.56 Å². The van der Waals surface area contributed by atoms with Crippen LogP contribution < -0.4 is 5.32 Å². The highest BCUT2D eigenvalue weighted by Crippen LogP contribution is 2.18. The van der Waals surface area contributed by atoms with Crippen molar-refractivity contribution in [3.05, 3.63) is 35.7 Å². The van der Waals surface area contributed by atoms with E-state index in [0.717, 1.165) is 24.5 Å². The molecule has 19 heavy (non-hydrogen) atoms. The predicted octanol–water partition coefficient (Wildman–Crippen LogP) is 2.29. The highest BCUT2D eigenvalue weighted by Gasteiger charge is 2.09. The van der Waals surface area contributed by atoms with E-state index in [4.69, 9.17) is 0 Å². The molecule has 0 radical (unpaired) electrons. The zero-order chi connectivity index (χ0) is 13.7. The van der Waals surface area contributed by atoms with Crippen molar-refractivity contribution < 1.29 is 0 Å². The molecule has 0 saturated carbocycles. The third kappa shape index (κ3) is 3.38. The Balaban J connectivity index is 2.21. The van der Waals surface area contributed by atoms with Crippen LogP contribution in [0.1, 0.15) is 44.5 Å². The Bertz CT molecular complexity index is 518. The van der Waals surface area contributed by atoms with Gasteiger partial charge in [0.1, 0.15) is 0 Å². The van der Waals surface area contributed by atoms with Crippen molar-refractivity contribution in [1.29, 1.82) is 0 Å². The molecule has 2 rings (SSSR count). The average molecular weight is 259 g/mol. The van der Waals surface area contributed by atoms with Gasteiger partial charge in [-0.25, -0.2) is 0 Å². The first kappa shape index (κ1) is 13.7. The van der Waals surface area contributed by atoms with E-state index in [1.54, 1.807) is 4.68 Å². The van der Waals surface area contributed by atoms with Crippen molar-refractivity contribution in [2.24, 2.45) is 0 Å². The van der Waals surface area contributed by atoms with E-state index in [1.807, 2.05) is 6.07 Å². The van der Waals surface area contributed by atoms with E-state index in [-0.39, 0.29) is 0 Å². The third-order valence-electron chi connectivity index (χ3n) is 3.03. The molecule has 102 valence electrons. The number of nitrogens with one attached hydrogen (secondary N) is 1. The Morgan fingerprint density at radius 3 is 2.89 bits per heavy atom. The van der Waals surface area contributed by atoms with Gasteiger partial charge in [0.15, 0.2) is 5.82 Å². The molecule has 2 aromatic rings. The standard InChI is InChI=1S/C14H21N5/c1-4-8-15-10-14-16-17-18-19(14)13-7-5-6-12(9-13)11(2)3/h5-7,9,11,15H,4,8,10H2,1-3H3. The van der Waals surface area contributed by atoms with Gasteiger partial charge in [0.2, 0.25) is 0 Å². The highest BCUT2D eigenvalue weighted by atomic mass is 15.5. The van der Waals surface area contributed by atoms with Gasteiger partial charge < -0.3 is 5.32 Å². The van der Waals surface area contributed by atoms with Gasteiger partial charge in [0.25, 0.3) is 0 Å². The first-order valence-electron chi connectivity index (χ1n) is 6.80. The second kappa shape index (κ2) is 6.43. The molecular weight excluding hydrogens is 238 g/mol. The number of hydrogen-bond acceptors (Lipinski definition) is 4. The fourth-order valence-corrected chi connectivity index (χ4v) is 1.91. The number of aromatic nitrogens is 4. The van der Waals surface area contributed by atoms with Crippen molar-refractivity contribution in [2.45, 2.75) is 39.7 Å². The van der Waals surface area contributed by atoms with E-state index in [9.17, 15) is 0 Å². The lowest BCUT2D eigenvalue weighted by Crippen LogP contribution is -2.17. The van der Waals surface area contributed by atoms with Crippen LogP contribution in [0.15, 0.2) is 24.3 Å². The van der Waals surface area contributed by atoms with E-state index >= 15 is 0 Å². The molecule has 0 atom stereocenters. The number of tetrazole rings is 1. The molecule has 1 aromatic heterocycles. The number of nitrogens with zero attached hydrogens (tertiary/aromatic N) is 4. The van der Waals surface area contributed by atoms with Crippen molar-refractivity contribution in [1.82, 2.24) is 25.5 Å². The van der Waals surface area contributed by atoms with Gasteiger partial charge in [-0.1, -0.05) is 32.9 Å². The van der Waals surface area contributed by atoms with Crippen molar-refractivity contribution >= 4 is 0 Å². The summed E-state index contributed by atoms with van der Waals surface area (Å²) in [6.07, 6.45) is 1.10. The van der Waals surface area contributed by atoms with Crippen molar-refractivity contribution in [2.75, 3.05) is 6.54 Å². The lowest BCUT2D eigenvalue weighted by molar-refractivity contribution is 0.632. The van der Waals surface area contributed by atoms with Crippen LogP contribution in [-0.2, 0) is 6.54 Å². The zero-order valence-corrected chi connectivity index (χ0v) is 11.8. The molecule has 0 amide bonds. The van der Waals surface area contributed by atoms with Crippen molar-refractivity contribution in [3.63, 3.8) is 0 Å². The van der Waals surface area contributed by atoms with E-state index in [2.05, 4.69) is 59.8 Å². The molecule has 0 aliphatic heterocycles. The van der Waals surface area contributed by atoms with Crippen LogP contribution in [-0.4, -0.2) is 26.8 Å². The quantitative estimate of drug-likeness (QED) is 0.809. The molecule has 0 spiro atoms. The summed E-state index contributed by atoms with van der Waals surface area (Å²) < 4.78 is 1.80. The molecule has 0 aliphatic rings. The van der Waals surface area contributed by atoms with Crippen LogP contribution in [0.25, 0.3) is 5.69 Å². The number of rotatable bonds is 6. The van der Waals surface area contributed by atoms with E-state index < -0.39 is 0 Å². The topological polar surface area (TPSA) is 55.6 Å². The summed E-state index contributed by atoms with van der Waals surface area (Å²) >= 11 is 0. The fraction of sp³-hybridized carbons (Fsp3) is 0.500. The van der Waals surface area contributed by atoms with Crippen LogP contribution in [0.2, 0.25) is 0 Å². The molecule has 0 unspecified atom stereocenters. The second-order valence-corrected chi connectivity index (χ2v) is 4.93. The summed E-state index contributed by atoms with van der Waals surface area (Å²) in [4.78, 5) is 0. The summed E-state index contributed by atoms with van der Waals surface area (Å²) in [5.74, 6) is 1.34. The average Bonchev–Trinajstić information content (AvgIpc) is 2.87. The van der Waals surface area contributed by atoms with Gasteiger partial charge in [-0.2, -0.15) is 4.68 Å². The zero-order valence-electron chi connectivity index (χ0n) is 11.8. The monoisotopic (exact) mass is 259 g/mol. The number of benzene rings is 1. The summed E-state index contributed by atoms with van der Waals surface area (Å²) in [6.45, 7) is 8.17. The predicted molar refractivity (Wildman–Crippen MR) is 75.2 cm³/mol. The molecule has 0 aliphatic carbocycles. The molecule has 0 fully saturated rings. The first-order chi connectivity index (χ1) is 9.22. The molecule has 1 heterocycles. The van der Waals surface area contributed by atoms with Crippen molar-refractivity contribution in [3.8, 4) is 5.69 Å². The summed E-state index contributed by atoms with van der Waals surface area (Å²) in [6, 6.07) is 8.36. The van der Waals surface area contributed by atoms with E-state index in [0.29, 0.717) is 12.5 Å². The molecule has 0 bridgehead atoms. The molecule has 1 N–H and O–H groups in total. The first-order valence-corrected chi connectivity index (χ1v) is 6.80. The van der Waals surface area contributed by atoms with Gasteiger partial charge in [-0.3, -0.25) is 0 Å². The number of hydrogen-bond donors (Lipinski definition) is 1. The Kier molecular flexibility index (Phi) is 4.63. The lowest BCUT2D eigenvalue weighted by atomic mass is 10.0. The Morgan fingerprint density at radius 1 is 1.32 bits per heavy atom. The third-order valence-corrected chi connectivity index (χ3v) is 3.03. The minimum Gasteiger partial charge on any atom is -0.310 e. The van der Waals surface area contributed by atoms with Crippen LogP contribution >= 0.6 is 0 Å².